The molecule has 0 saturated carbocycles. The van der Waals surface area contributed by atoms with Crippen LogP contribution in [0.2, 0.25) is 0 Å². The van der Waals surface area contributed by atoms with Crippen molar-refractivity contribution >= 4 is 17.7 Å². The van der Waals surface area contributed by atoms with Crippen LogP contribution < -0.4 is 10.6 Å². The Bertz CT molecular complexity index is 1010. The first kappa shape index (κ1) is 21.9. The van der Waals surface area contributed by atoms with E-state index in [4.69, 9.17) is 4.74 Å². The molecule has 162 valence electrons. The second-order valence-electron chi connectivity index (χ2n) is 7.31. The molecule has 0 bridgehead atoms. The number of anilines is 1. The largest absolute Gasteiger partial charge is 0.445 e. The molecule has 9 heteroatoms. The number of benzene rings is 2. The molecule has 3 rings (SSSR count). The minimum Gasteiger partial charge on any atom is -0.445 e. The highest BCUT2D eigenvalue weighted by atomic mass is 16.5. The standard InChI is InChI=1S/C22H26N6O3/c1-4-15(2)20(25-22(30)31-13-17-8-6-5-7-9-17)21(29)24-18-11-10-16(3)19(12-18)28-14-23-26-27-28/h5-12,14-15,20H,4,13H2,1-3H3,(H,24,29)(H,25,30)/t15-,20-/m0/s1. The minimum absolute atomic E-state index is 0.0892. The van der Waals surface area contributed by atoms with Gasteiger partial charge in [-0.2, -0.15) is 0 Å². The molecule has 3 aromatic rings. The van der Waals surface area contributed by atoms with Crippen molar-refractivity contribution in [2.45, 2.75) is 39.8 Å². The Kier molecular flexibility index (Phi) is 7.31. The van der Waals surface area contributed by atoms with Crippen molar-refractivity contribution < 1.29 is 14.3 Å². The zero-order valence-corrected chi connectivity index (χ0v) is 17.8. The molecule has 0 aliphatic heterocycles. The molecular weight excluding hydrogens is 396 g/mol. The Morgan fingerprint density at radius 3 is 2.61 bits per heavy atom. The second-order valence-corrected chi connectivity index (χ2v) is 7.31. The van der Waals surface area contributed by atoms with E-state index in [2.05, 4.69) is 26.2 Å². The number of tetrazole rings is 1. The van der Waals surface area contributed by atoms with Crippen molar-refractivity contribution in [3.05, 3.63) is 66.0 Å². The number of alkyl carbamates (subject to hydrolysis) is 1. The van der Waals surface area contributed by atoms with Crippen LogP contribution >= 0.6 is 0 Å². The van der Waals surface area contributed by atoms with Gasteiger partial charge in [0.2, 0.25) is 5.91 Å². The van der Waals surface area contributed by atoms with E-state index in [-0.39, 0.29) is 18.4 Å². The summed E-state index contributed by atoms with van der Waals surface area (Å²) in [5.74, 6) is -0.411. The summed E-state index contributed by atoms with van der Waals surface area (Å²) in [6.45, 7) is 5.93. The molecule has 0 radical (unpaired) electrons. The summed E-state index contributed by atoms with van der Waals surface area (Å²) in [6.07, 6.45) is 1.56. The fourth-order valence-electron chi connectivity index (χ4n) is 3.02. The van der Waals surface area contributed by atoms with Crippen molar-refractivity contribution in [3.8, 4) is 5.69 Å². The molecule has 2 N–H and O–H groups in total. The Balaban J connectivity index is 1.67. The number of carbonyl (C=O) groups is 2. The lowest BCUT2D eigenvalue weighted by Crippen LogP contribution is -2.47. The van der Waals surface area contributed by atoms with Gasteiger partial charge in [0.15, 0.2) is 0 Å². The number of aromatic nitrogens is 4. The average molecular weight is 422 g/mol. The van der Waals surface area contributed by atoms with Gasteiger partial charge in [-0.05, 0) is 46.5 Å². The topological polar surface area (TPSA) is 111 Å². The molecule has 0 unspecified atom stereocenters. The van der Waals surface area contributed by atoms with Crippen molar-refractivity contribution in [2.24, 2.45) is 5.92 Å². The van der Waals surface area contributed by atoms with Crippen LogP contribution in [0.4, 0.5) is 10.5 Å². The van der Waals surface area contributed by atoms with Crippen LogP contribution in [0.5, 0.6) is 0 Å². The predicted octanol–water partition coefficient (Wildman–Crippen LogP) is 3.25. The summed E-state index contributed by atoms with van der Waals surface area (Å²) in [6, 6.07) is 14.1. The van der Waals surface area contributed by atoms with Crippen molar-refractivity contribution in [1.82, 2.24) is 25.5 Å². The number of hydrogen-bond acceptors (Lipinski definition) is 6. The van der Waals surface area contributed by atoms with E-state index in [0.717, 1.165) is 16.8 Å². The maximum atomic E-state index is 13.0. The number of nitrogens with one attached hydrogen (secondary N) is 2. The van der Waals surface area contributed by atoms with Gasteiger partial charge in [0, 0.05) is 5.69 Å². The number of hydrogen-bond donors (Lipinski definition) is 2. The maximum Gasteiger partial charge on any atom is 0.408 e. The second kappa shape index (κ2) is 10.3. The highest BCUT2D eigenvalue weighted by Gasteiger charge is 2.27. The Morgan fingerprint density at radius 2 is 1.94 bits per heavy atom. The molecule has 0 saturated heterocycles. The van der Waals surface area contributed by atoms with Gasteiger partial charge in [-0.15, -0.1) is 5.10 Å². The lowest BCUT2D eigenvalue weighted by Gasteiger charge is -2.23. The fourth-order valence-corrected chi connectivity index (χ4v) is 3.02. The van der Waals surface area contributed by atoms with Crippen LogP contribution in [0.25, 0.3) is 5.69 Å². The number of amides is 2. The molecule has 2 amide bonds. The third-order valence-electron chi connectivity index (χ3n) is 5.05. The predicted molar refractivity (Wildman–Crippen MR) is 116 cm³/mol. The average Bonchev–Trinajstić information content (AvgIpc) is 3.32. The van der Waals surface area contributed by atoms with Gasteiger partial charge in [0.05, 0.1) is 5.69 Å². The summed E-state index contributed by atoms with van der Waals surface area (Å²) < 4.78 is 6.81. The van der Waals surface area contributed by atoms with Crippen molar-refractivity contribution in [3.63, 3.8) is 0 Å². The maximum absolute atomic E-state index is 13.0. The molecule has 0 spiro atoms. The summed E-state index contributed by atoms with van der Waals surface area (Å²) in [4.78, 5) is 25.3. The molecule has 2 aromatic carbocycles. The van der Waals surface area contributed by atoms with E-state index < -0.39 is 12.1 Å². The van der Waals surface area contributed by atoms with Crippen molar-refractivity contribution in [2.75, 3.05) is 5.32 Å². The number of nitrogens with zero attached hydrogens (tertiary/aromatic N) is 4. The summed E-state index contributed by atoms with van der Waals surface area (Å²) in [7, 11) is 0. The van der Waals surface area contributed by atoms with E-state index in [1.165, 1.54) is 11.0 Å². The molecule has 0 aliphatic carbocycles. The normalized spacial score (nSPS) is 12.6. The number of ether oxygens (including phenoxy) is 1. The molecular formula is C22H26N6O3. The molecule has 0 aliphatic rings. The Labute approximate surface area is 180 Å². The first-order valence-corrected chi connectivity index (χ1v) is 10.1. The molecule has 2 atom stereocenters. The Morgan fingerprint density at radius 1 is 1.16 bits per heavy atom. The van der Waals surface area contributed by atoms with Gasteiger partial charge >= 0.3 is 6.09 Å². The minimum atomic E-state index is -0.744. The lowest BCUT2D eigenvalue weighted by molar-refractivity contribution is -0.119. The van der Waals surface area contributed by atoms with Crippen LogP contribution in [0.1, 0.15) is 31.4 Å². The highest BCUT2D eigenvalue weighted by Crippen LogP contribution is 2.19. The van der Waals surface area contributed by atoms with Crippen LogP contribution in [0.15, 0.2) is 54.9 Å². The smallest absolute Gasteiger partial charge is 0.408 e. The van der Waals surface area contributed by atoms with Gasteiger partial charge in [-0.3, -0.25) is 4.79 Å². The first-order chi connectivity index (χ1) is 15.0. The van der Waals surface area contributed by atoms with Gasteiger partial charge in [-0.25, -0.2) is 9.48 Å². The van der Waals surface area contributed by atoms with Crippen LogP contribution in [-0.4, -0.2) is 38.2 Å². The van der Waals surface area contributed by atoms with Crippen LogP contribution in [0.3, 0.4) is 0 Å². The molecule has 1 aromatic heterocycles. The van der Waals surface area contributed by atoms with Crippen LogP contribution in [-0.2, 0) is 16.1 Å². The Hall–Kier alpha value is -3.75. The quantitative estimate of drug-likeness (QED) is 0.576. The molecule has 1 heterocycles. The highest BCUT2D eigenvalue weighted by molar-refractivity contribution is 5.97. The van der Waals surface area contributed by atoms with Gasteiger partial charge in [0.1, 0.15) is 19.0 Å². The number of aryl methyl sites for hydroxylation is 1. The van der Waals surface area contributed by atoms with Crippen molar-refractivity contribution in [1.29, 1.82) is 0 Å². The third kappa shape index (κ3) is 5.88. The molecule has 9 nitrogen and oxygen atoms in total. The fraction of sp³-hybridized carbons (Fsp3) is 0.318. The van der Waals surface area contributed by atoms with Gasteiger partial charge in [-0.1, -0.05) is 56.7 Å². The summed E-state index contributed by atoms with van der Waals surface area (Å²) in [5.41, 5.74) is 3.15. The van der Waals surface area contributed by atoms with E-state index in [0.29, 0.717) is 12.1 Å². The van der Waals surface area contributed by atoms with E-state index in [1.54, 1.807) is 12.1 Å². The number of rotatable bonds is 8. The zero-order chi connectivity index (χ0) is 22.2. The SMILES string of the molecule is CC[C@H](C)[C@H](NC(=O)OCc1ccccc1)C(=O)Nc1ccc(C)c(-n2cnnn2)c1. The summed E-state index contributed by atoms with van der Waals surface area (Å²) in [5, 5.41) is 16.8. The lowest BCUT2D eigenvalue weighted by atomic mass is 9.98. The zero-order valence-electron chi connectivity index (χ0n) is 17.8. The first-order valence-electron chi connectivity index (χ1n) is 10.1. The van der Waals surface area contributed by atoms with Gasteiger partial charge in [0.25, 0.3) is 0 Å². The van der Waals surface area contributed by atoms with E-state index in [1.807, 2.05) is 57.2 Å². The summed E-state index contributed by atoms with van der Waals surface area (Å²) >= 11 is 0. The third-order valence-corrected chi connectivity index (χ3v) is 5.05. The van der Waals surface area contributed by atoms with E-state index >= 15 is 0 Å². The van der Waals surface area contributed by atoms with Crippen LogP contribution in [0, 0.1) is 12.8 Å². The monoisotopic (exact) mass is 422 g/mol. The van der Waals surface area contributed by atoms with Gasteiger partial charge < -0.3 is 15.4 Å². The number of carbonyl (C=O) groups excluding carboxylic acids is 2. The molecule has 31 heavy (non-hydrogen) atoms. The van der Waals surface area contributed by atoms with E-state index in [9.17, 15) is 9.59 Å². The molecule has 0 fully saturated rings.